The minimum Gasteiger partial charge on any atom is -0.375 e. The number of Topliss-reactive ketones (excluding diaryl/α,β-unsaturated/α-hetero) is 1. The number of anilines is 1. The highest BCUT2D eigenvalue weighted by Gasteiger charge is 2.28. The minimum absolute atomic E-state index is 0.136. The predicted molar refractivity (Wildman–Crippen MR) is 163 cm³/mol. The average Bonchev–Trinajstić information content (AvgIpc) is 3.27. The first-order chi connectivity index (χ1) is 19.4. The molecule has 0 bridgehead atoms. The van der Waals surface area contributed by atoms with Crippen molar-refractivity contribution in [2.75, 3.05) is 11.5 Å². The van der Waals surface area contributed by atoms with E-state index in [2.05, 4.69) is 42.0 Å². The van der Waals surface area contributed by atoms with Crippen LogP contribution in [0.2, 0.25) is 0 Å². The van der Waals surface area contributed by atoms with Gasteiger partial charge in [-0.2, -0.15) is 0 Å². The van der Waals surface area contributed by atoms with Crippen molar-refractivity contribution < 1.29 is 19.1 Å². The zero-order valence-electron chi connectivity index (χ0n) is 25.5. The van der Waals surface area contributed by atoms with E-state index in [1.807, 2.05) is 73.8 Å². The molecule has 1 aliphatic rings. The molecule has 0 unspecified atom stereocenters. The Bertz CT molecular complexity index is 1300. The Hall–Kier alpha value is -3.85. The Labute approximate surface area is 244 Å². The van der Waals surface area contributed by atoms with Crippen LogP contribution in [0.25, 0.3) is 22.5 Å². The van der Waals surface area contributed by atoms with Crippen molar-refractivity contribution in [1.82, 2.24) is 15.0 Å². The lowest BCUT2D eigenvalue weighted by Crippen LogP contribution is -2.31. The Morgan fingerprint density at radius 3 is 2.32 bits per heavy atom. The van der Waals surface area contributed by atoms with E-state index in [4.69, 9.17) is 9.53 Å². The van der Waals surface area contributed by atoms with Crippen LogP contribution in [0, 0.1) is 5.92 Å². The van der Waals surface area contributed by atoms with Crippen molar-refractivity contribution in [2.24, 2.45) is 18.7 Å². The third-order valence-corrected chi connectivity index (χ3v) is 6.51. The van der Waals surface area contributed by atoms with Crippen molar-refractivity contribution in [3.8, 4) is 22.5 Å². The molecular formula is C32H45N5O4. The maximum absolute atomic E-state index is 12.8. The number of fused-ring (bicyclic) bond motifs is 5. The van der Waals surface area contributed by atoms with Gasteiger partial charge in [0.25, 0.3) is 0 Å². The molecule has 9 nitrogen and oxygen atoms in total. The van der Waals surface area contributed by atoms with E-state index < -0.39 is 0 Å². The van der Waals surface area contributed by atoms with Gasteiger partial charge in [-0.25, -0.2) is 4.68 Å². The van der Waals surface area contributed by atoms with E-state index in [-0.39, 0.29) is 23.7 Å². The SMILES string of the molecule is CC(=O)CC(C)(C)OCCC(C)C.CCCC(=O)N1Cc2ccccc2-c2c(nnn2C)-c2ccccc21.NC=O. The van der Waals surface area contributed by atoms with Gasteiger partial charge in [0.15, 0.2) is 0 Å². The highest BCUT2D eigenvalue weighted by molar-refractivity contribution is 6.00. The fourth-order valence-corrected chi connectivity index (χ4v) is 4.69. The molecular weight excluding hydrogens is 518 g/mol. The number of carbonyl (C=O) groups excluding carboxylic acids is 3. The van der Waals surface area contributed by atoms with Gasteiger partial charge in [-0.05, 0) is 51.2 Å². The lowest BCUT2D eigenvalue weighted by atomic mass is 9.95. The van der Waals surface area contributed by atoms with Gasteiger partial charge in [0.1, 0.15) is 11.5 Å². The molecule has 41 heavy (non-hydrogen) atoms. The molecule has 3 aromatic rings. The summed E-state index contributed by atoms with van der Waals surface area (Å²) in [6.45, 7) is 13.2. The molecule has 2 aromatic carbocycles. The fraction of sp³-hybridized carbons (Fsp3) is 0.469. The molecule has 0 aliphatic carbocycles. The lowest BCUT2D eigenvalue weighted by Gasteiger charge is -2.28. The molecule has 9 heteroatoms. The number of para-hydroxylation sites is 1. The van der Waals surface area contributed by atoms with Crippen molar-refractivity contribution in [3.05, 3.63) is 54.1 Å². The summed E-state index contributed by atoms with van der Waals surface area (Å²) in [5.41, 5.74) is 9.72. The quantitative estimate of drug-likeness (QED) is 0.351. The van der Waals surface area contributed by atoms with Gasteiger partial charge in [0.2, 0.25) is 12.3 Å². The maximum Gasteiger partial charge on any atom is 0.227 e. The number of rotatable bonds is 8. The number of aryl methyl sites for hydroxylation is 1. The number of hydrogen-bond donors (Lipinski definition) is 1. The molecule has 222 valence electrons. The molecule has 1 aliphatic heterocycles. The summed E-state index contributed by atoms with van der Waals surface area (Å²) in [6.07, 6.45) is 3.17. The van der Waals surface area contributed by atoms with Crippen LogP contribution in [0.1, 0.15) is 72.8 Å². The average molecular weight is 564 g/mol. The Kier molecular flexibility index (Phi) is 12.9. The third-order valence-electron chi connectivity index (χ3n) is 6.51. The number of hydrogen-bond acceptors (Lipinski definition) is 6. The van der Waals surface area contributed by atoms with Crippen LogP contribution < -0.4 is 10.6 Å². The zero-order valence-corrected chi connectivity index (χ0v) is 25.5. The number of nitrogens with two attached hydrogens (primary N) is 1. The largest absolute Gasteiger partial charge is 0.375 e. The number of benzene rings is 2. The summed E-state index contributed by atoms with van der Waals surface area (Å²) in [5, 5.41) is 8.66. The summed E-state index contributed by atoms with van der Waals surface area (Å²) in [7, 11) is 1.91. The lowest BCUT2D eigenvalue weighted by molar-refractivity contribution is -0.123. The van der Waals surface area contributed by atoms with Gasteiger partial charge in [-0.1, -0.05) is 68.4 Å². The highest BCUT2D eigenvalue weighted by Crippen LogP contribution is 2.40. The second-order valence-corrected chi connectivity index (χ2v) is 11.1. The molecule has 1 aromatic heterocycles. The van der Waals surface area contributed by atoms with Crippen molar-refractivity contribution in [1.29, 1.82) is 0 Å². The number of aromatic nitrogens is 3. The van der Waals surface area contributed by atoms with E-state index in [1.165, 1.54) is 0 Å². The molecule has 0 atom stereocenters. The smallest absolute Gasteiger partial charge is 0.227 e. The van der Waals surface area contributed by atoms with Gasteiger partial charge in [-0.3, -0.25) is 14.4 Å². The molecule has 4 rings (SSSR count). The molecule has 2 amide bonds. The number of ketones is 1. The Morgan fingerprint density at radius 2 is 1.71 bits per heavy atom. The first kappa shape index (κ1) is 33.4. The molecule has 2 N–H and O–H groups in total. The van der Waals surface area contributed by atoms with Crippen molar-refractivity contribution in [3.63, 3.8) is 0 Å². The zero-order chi connectivity index (χ0) is 30.6. The van der Waals surface area contributed by atoms with Crippen LogP contribution in [-0.2, 0) is 32.7 Å². The summed E-state index contributed by atoms with van der Waals surface area (Å²) in [4.78, 5) is 34.2. The predicted octanol–water partition coefficient (Wildman–Crippen LogP) is 5.70. The fourth-order valence-electron chi connectivity index (χ4n) is 4.69. The molecule has 0 saturated carbocycles. The number of nitrogens with zero attached hydrogens (tertiary/aromatic N) is 4. The molecule has 0 saturated heterocycles. The second kappa shape index (κ2) is 15.8. The summed E-state index contributed by atoms with van der Waals surface area (Å²) in [5.74, 6) is 0.986. The summed E-state index contributed by atoms with van der Waals surface area (Å²) in [6, 6.07) is 16.1. The van der Waals surface area contributed by atoms with E-state index in [9.17, 15) is 9.59 Å². The van der Waals surface area contributed by atoms with E-state index in [0.29, 0.717) is 25.3 Å². The van der Waals surface area contributed by atoms with Crippen molar-refractivity contribution in [2.45, 2.75) is 79.4 Å². The number of carbonyl (C=O) groups is 3. The van der Waals surface area contributed by atoms with E-state index in [0.717, 1.165) is 53.2 Å². The van der Waals surface area contributed by atoms with Gasteiger partial charge in [0.05, 0.1) is 23.5 Å². The monoisotopic (exact) mass is 563 g/mol. The van der Waals surface area contributed by atoms with E-state index >= 15 is 0 Å². The normalized spacial score (nSPS) is 11.9. The second-order valence-electron chi connectivity index (χ2n) is 11.1. The molecule has 0 radical (unpaired) electrons. The van der Waals surface area contributed by atoms with Crippen LogP contribution in [0.4, 0.5) is 5.69 Å². The van der Waals surface area contributed by atoms with Gasteiger partial charge in [0, 0.05) is 37.6 Å². The van der Waals surface area contributed by atoms with Crippen molar-refractivity contribution >= 4 is 23.8 Å². The number of ether oxygens (including phenoxy) is 1. The molecule has 0 spiro atoms. The highest BCUT2D eigenvalue weighted by atomic mass is 16.5. The van der Waals surface area contributed by atoms with Crippen LogP contribution in [0.15, 0.2) is 48.5 Å². The first-order valence-corrected chi connectivity index (χ1v) is 14.1. The molecule has 0 fully saturated rings. The van der Waals surface area contributed by atoms with Crippen LogP contribution in [0.3, 0.4) is 0 Å². The van der Waals surface area contributed by atoms with Crippen LogP contribution in [-0.4, -0.2) is 45.3 Å². The van der Waals surface area contributed by atoms with E-state index in [1.54, 1.807) is 6.92 Å². The summed E-state index contributed by atoms with van der Waals surface area (Å²) < 4.78 is 7.44. The molecule has 2 heterocycles. The summed E-state index contributed by atoms with van der Waals surface area (Å²) >= 11 is 0. The topological polar surface area (TPSA) is 120 Å². The first-order valence-electron chi connectivity index (χ1n) is 14.1. The standard InChI is InChI=1S/C20H20N4O.C11H22O2.CH3NO/c1-3-8-18(25)24-13-14-9-4-5-10-15(14)20-19(21-22-23(20)2)16-11-6-7-12-17(16)24;1-9(2)6-7-13-11(4,5)8-10(3)12;2-1-3/h4-7,9-12H,3,8,13H2,1-2H3;9H,6-8H2,1-5H3;1H,(H2,2,3). The van der Waals surface area contributed by atoms with Crippen LogP contribution >= 0.6 is 0 Å². The number of amides is 2. The van der Waals surface area contributed by atoms with Gasteiger partial charge >= 0.3 is 0 Å². The van der Waals surface area contributed by atoms with Crippen LogP contribution in [0.5, 0.6) is 0 Å². The third kappa shape index (κ3) is 9.63. The number of primary amides is 1. The Morgan fingerprint density at radius 1 is 1.10 bits per heavy atom. The Balaban J connectivity index is 0.000000312. The van der Waals surface area contributed by atoms with Gasteiger partial charge < -0.3 is 15.4 Å². The van der Waals surface area contributed by atoms with Gasteiger partial charge in [-0.15, -0.1) is 5.10 Å². The maximum atomic E-state index is 12.8. The minimum atomic E-state index is -0.291.